The Morgan fingerprint density at radius 3 is 2.75 bits per heavy atom. The molecule has 0 radical (unpaired) electrons. The number of rotatable bonds is 3. The molecule has 8 heavy (non-hydrogen) atoms. The predicted octanol–water partition coefficient (Wildman–Crippen LogP) is 2.00. The van der Waals surface area contributed by atoms with Crippen LogP contribution in [0.1, 0.15) is 19.8 Å². The van der Waals surface area contributed by atoms with Gasteiger partial charge in [0, 0.05) is 0 Å². The van der Waals surface area contributed by atoms with Crippen LogP contribution in [0.3, 0.4) is 0 Å². The summed E-state index contributed by atoms with van der Waals surface area (Å²) >= 11 is 5.53. The Morgan fingerprint density at radius 1 is 1.75 bits per heavy atom. The van der Waals surface area contributed by atoms with Gasteiger partial charge in [-0.15, -0.1) is 0 Å². The molecule has 1 saturated carbocycles. The van der Waals surface area contributed by atoms with Crippen molar-refractivity contribution in [2.45, 2.75) is 25.3 Å². The first-order valence-corrected chi connectivity index (χ1v) is 3.48. The van der Waals surface area contributed by atoms with Gasteiger partial charge in [-0.3, -0.25) is 0 Å². The van der Waals surface area contributed by atoms with E-state index in [2.05, 4.69) is 0 Å². The zero-order valence-electron chi connectivity index (χ0n) is 5.06. The number of alkyl halides is 1. The number of hydrogen-bond donors (Lipinski definition) is 0. The van der Waals surface area contributed by atoms with Crippen LogP contribution in [-0.4, -0.2) is 12.2 Å². The van der Waals surface area contributed by atoms with Crippen molar-refractivity contribution in [2.24, 2.45) is 5.92 Å². The molecule has 2 heteroatoms. The second kappa shape index (κ2) is 2.70. The second-order valence-corrected chi connectivity index (χ2v) is 2.93. The molecule has 0 aromatic rings. The lowest BCUT2D eigenvalue weighted by atomic mass is 10.5. The van der Waals surface area contributed by atoms with E-state index in [1.165, 1.54) is 12.8 Å². The van der Waals surface area contributed by atoms with Crippen LogP contribution in [-0.2, 0) is 4.74 Å². The van der Waals surface area contributed by atoms with E-state index in [4.69, 9.17) is 16.3 Å². The van der Waals surface area contributed by atoms with Gasteiger partial charge in [-0.25, -0.2) is 0 Å². The lowest BCUT2D eigenvalue weighted by Crippen LogP contribution is -2.01. The fraction of sp³-hybridized carbons (Fsp3) is 1.00. The summed E-state index contributed by atoms with van der Waals surface area (Å²) in [4.78, 5) is 0. The average molecular weight is 135 g/mol. The van der Waals surface area contributed by atoms with Crippen LogP contribution in [0.2, 0.25) is 0 Å². The monoisotopic (exact) mass is 134 g/mol. The summed E-state index contributed by atoms with van der Waals surface area (Å²) in [6, 6.07) is 0. The fourth-order valence-corrected chi connectivity index (χ4v) is 0.626. The third kappa shape index (κ3) is 2.53. The van der Waals surface area contributed by atoms with Crippen molar-refractivity contribution in [1.82, 2.24) is 0 Å². The standard InChI is InChI=1S/C6H11ClO/c1-5(7)8-4-6-2-3-6/h5-6H,2-4H2,1H3. The molecule has 0 heterocycles. The van der Waals surface area contributed by atoms with Crippen molar-refractivity contribution < 1.29 is 4.74 Å². The molecular weight excluding hydrogens is 124 g/mol. The van der Waals surface area contributed by atoms with Gasteiger partial charge < -0.3 is 4.74 Å². The van der Waals surface area contributed by atoms with E-state index < -0.39 is 0 Å². The van der Waals surface area contributed by atoms with Crippen molar-refractivity contribution in [3.63, 3.8) is 0 Å². The number of ether oxygens (including phenoxy) is 1. The minimum Gasteiger partial charge on any atom is -0.363 e. The molecule has 0 saturated heterocycles. The highest BCUT2D eigenvalue weighted by atomic mass is 35.5. The van der Waals surface area contributed by atoms with Gasteiger partial charge in [0.15, 0.2) is 0 Å². The van der Waals surface area contributed by atoms with Gasteiger partial charge in [0.1, 0.15) is 5.56 Å². The molecule has 0 N–H and O–H groups in total. The van der Waals surface area contributed by atoms with E-state index >= 15 is 0 Å². The van der Waals surface area contributed by atoms with Crippen molar-refractivity contribution in [3.05, 3.63) is 0 Å². The van der Waals surface area contributed by atoms with Crippen molar-refractivity contribution in [1.29, 1.82) is 0 Å². The van der Waals surface area contributed by atoms with Crippen LogP contribution in [0, 0.1) is 5.92 Å². The molecule has 1 unspecified atom stereocenters. The maximum Gasteiger partial charge on any atom is 0.128 e. The summed E-state index contributed by atoms with van der Waals surface area (Å²) in [6.45, 7) is 2.72. The highest BCUT2D eigenvalue weighted by Crippen LogP contribution is 2.29. The molecule has 1 aliphatic rings. The quantitative estimate of drug-likeness (QED) is 0.537. The van der Waals surface area contributed by atoms with Gasteiger partial charge in [0.2, 0.25) is 0 Å². The first-order valence-electron chi connectivity index (χ1n) is 3.04. The van der Waals surface area contributed by atoms with Crippen molar-refractivity contribution in [2.75, 3.05) is 6.61 Å². The van der Waals surface area contributed by atoms with Gasteiger partial charge in [-0.05, 0) is 25.7 Å². The molecule has 0 aromatic carbocycles. The summed E-state index contributed by atoms with van der Waals surface area (Å²) in [5.41, 5.74) is -0.101. The van der Waals surface area contributed by atoms with Gasteiger partial charge in [0.05, 0.1) is 6.61 Å². The van der Waals surface area contributed by atoms with Crippen molar-refractivity contribution >= 4 is 11.6 Å². The summed E-state index contributed by atoms with van der Waals surface area (Å²) < 4.78 is 5.13. The van der Waals surface area contributed by atoms with E-state index in [0.717, 1.165) is 12.5 Å². The molecular formula is C6H11ClO. The maximum atomic E-state index is 5.53. The zero-order chi connectivity index (χ0) is 5.98. The minimum absolute atomic E-state index is 0.101. The maximum absolute atomic E-state index is 5.53. The third-order valence-electron chi connectivity index (χ3n) is 1.26. The topological polar surface area (TPSA) is 9.23 Å². The Bertz CT molecular complexity index is 66.9. The first-order chi connectivity index (χ1) is 3.79. The Kier molecular flexibility index (Phi) is 2.15. The molecule has 0 spiro atoms. The SMILES string of the molecule is CC(Cl)OCC1CC1. The van der Waals surface area contributed by atoms with E-state index in [1.807, 2.05) is 6.92 Å². The first kappa shape index (κ1) is 6.37. The summed E-state index contributed by atoms with van der Waals surface area (Å²) in [5.74, 6) is 0.830. The minimum atomic E-state index is -0.101. The van der Waals surface area contributed by atoms with Crippen LogP contribution in [0.5, 0.6) is 0 Å². The third-order valence-corrected chi connectivity index (χ3v) is 1.38. The molecule has 0 aromatic heterocycles. The fourth-order valence-electron chi connectivity index (χ4n) is 0.553. The Hall–Kier alpha value is 0.250. The van der Waals surface area contributed by atoms with E-state index in [0.29, 0.717) is 0 Å². The lowest BCUT2D eigenvalue weighted by molar-refractivity contribution is 0.110. The van der Waals surface area contributed by atoms with Gasteiger partial charge in [0.25, 0.3) is 0 Å². The Balaban J connectivity index is 1.87. The summed E-state index contributed by atoms with van der Waals surface area (Å²) in [6.07, 6.45) is 2.67. The van der Waals surface area contributed by atoms with E-state index in [1.54, 1.807) is 0 Å². The summed E-state index contributed by atoms with van der Waals surface area (Å²) in [7, 11) is 0. The highest BCUT2D eigenvalue weighted by molar-refractivity contribution is 6.19. The largest absolute Gasteiger partial charge is 0.363 e. The smallest absolute Gasteiger partial charge is 0.128 e. The van der Waals surface area contributed by atoms with Crippen LogP contribution in [0.4, 0.5) is 0 Å². The zero-order valence-corrected chi connectivity index (χ0v) is 5.82. The average Bonchev–Trinajstić information content (AvgIpc) is 2.41. The van der Waals surface area contributed by atoms with Gasteiger partial charge >= 0.3 is 0 Å². The molecule has 1 fully saturated rings. The predicted molar refractivity (Wildman–Crippen MR) is 34.0 cm³/mol. The molecule has 0 aliphatic heterocycles. The second-order valence-electron chi connectivity index (χ2n) is 2.32. The molecule has 1 nitrogen and oxygen atoms in total. The lowest BCUT2D eigenvalue weighted by Gasteiger charge is -2.01. The molecule has 0 bridgehead atoms. The Labute approximate surface area is 55.0 Å². The molecule has 1 aliphatic carbocycles. The normalized spacial score (nSPS) is 23.2. The van der Waals surface area contributed by atoms with E-state index in [9.17, 15) is 0 Å². The van der Waals surface area contributed by atoms with E-state index in [-0.39, 0.29) is 5.56 Å². The molecule has 48 valence electrons. The molecule has 0 amide bonds. The van der Waals surface area contributed by atoms with Crippen LogP contribution < -0.4 is 0 Å². The van der Waals surface area contributed by atoms with Crippen LogP contribution in [0.15, 0.2) is 0 Å². The van der Waals surface area contributed by atoms with Gasteiger partial charge in [-0.1, -0.05) is 11.6 Å². The van der Waals surface area contributed by atoms with Gasteiger partial charge in [-0.2, -0.15) is 0 Å². The molecule has 1 atom stereocenters. The number of hydrogen-bond acceptors (Lipinski definition) is 1. The number of halogens is 1. The van der Waals surface area contributed by atoms with Crippen LogP contribution >= 0.6 is 11.6 Å². The molecule has 1 rings (SSSR count). The van der Waals surface area contributed by atoms with Crippen LogP contribution in [0.25, 0.3) is 0 Å². The van der Waals surface area contributed by atoms with Crippen molar-refractivity contribution in [3.8, 4) is 0 Å². The highest BCUT2D eigenvalue weighted by Gasteiger charge is 2.21. The summed E-state index contributed by atoms with van der Waals surface area (Å²) in [5, 5.41) is 0. The Morgan fingerprint density at radius 2 is 2.38 bits per heavy atom.